The molecule has 0 amide bonds. The summed E-state index contributed by atoms with van der Waals surface area (Å²) in [6.07, 6.45) is 1.68. The molecule has 0 unspecified atom stereocenters. The number of aliphatic imine (C=N–C) groups is 2. The van der Waals surface area contributed by atoms with Crippen LogP contribution in [0.4, 0.5) is 0 Å². The van der Waals surface area contributed by atoms with E-state index in [2.05, 4.69) is 116 Å². The number of amidine groups is 1. The number of allylic oxidation sites excluding steroid dienone is 1. The van der Waals surface area contributed by atoms with Crippen LogP contribution in [0.15, 0.2) is 147 Å². The Hall–Kier alpha value is -5.32. The van der Waals surface area contributed by atoms with E-state index in [9.17, 15) is 0 Å². The molecule has 214 valence electrons. The van der Waals surface area contributed by atoms with Crippen LogP contribution in [-0.2, 0) is 0 Å². The van der Waals surface area contributed by atoms with Crippen LogP contribution in [0.25, 0.3) is 58.6 Å². The molecular weight excluding hydrogens is 569 g/mol. The maximum atomic E-state index is 6.31. The third kappa shape index (κ3) is 4.33. The van der Waals surface area contributed by atoms with Crippen molar-refractivity contribution >= 4 is 81.5 Å². The van der Waals surface area contributed by atoms with Gasteiger partial charge >= 0.3 is 0 Å². The van der Waals surface area contributed by atoms with Crippen molar-refractivity contribution in [1.29, 1.82) is 0 Å². The minimum atomic E-state index is 0.709. The molecule has 1 aliphatic heterocycles. The number of nitrogens with zero attached hydrogens (tertiary/aromatic N) is 2. The molecule has 0 fully saturated rings. The lowest BCUT2D eigenvalue weighted by molar-refractivity contribution is 0.669. The third-order valence-electron chi connectivity index (χ3n) is 8.98. The highest BCUT2D eigenvalue weighted by Crippen LogP contribution is 2.41. The zero-order valence-corrected chi connectivity index (χ0v) is 25.6. The highest BCUT2D eigenvalue weighted by molar-refractivity contribution is 7.25. The van der Waals surface area contributed by atoms with Gasteiger partial charge in [0.05, 0.1) is 11.4 Å². The molecule has 8 aromatic rings. The maximum Gasteiger partial charge on any atom is 0.160 e. The molecule has 0 atom stereocenters. The van der Waals surface area contributed by atoms with Gasteiger partial charge in [-0.1, -0.05) is 97.1 Å². The summed E-state index contributed by atoms with van der Waals surface area (Å²) >= 11 is 1.84. The van der Waals surface area contributed by atoms with Gasteiger partial charge in [0.1, 0.15) is 11.2 Å². The molecule has 3 heterocycles. The van der Waals surface area contributed by atoms with Crippen LogP contribution in [-0.4, -0.2) is 11.5 Å². The quantitative estimate of drug-likeness (QED) is 0.200. The fraction of sp³-hybridized carbons (Fsp3) is 0.0732. The summed E-state index contributed by atoms with van der Waals surface area (Å²) in [7, 11) is 0. The minimum Gasteiger partial charge on any atom is -0.456 e. The first-order chi connectivity index (χ1) is 22.2. The van der Waals surface area contributed by atoms with Crippen molar-refractivity contribution in [2.45, 2.75) is 19.8 Å². The van der Waals surface area contributed by atoms with Gasteiger partial charge in [-0.3, -0.25) is 0 Å². The van der Waals surface area contributed by atoms with Crippen molar-refractivity contribution in [3.63, 3.8) is 0 Å². The monoisotopic (exact) mass is 596 g/mol. The highest BCUT2D eigenvalue weighted by Gasteiger charge is 2.21. The van der Waals surface area contributed by atoms with Gasteiger partial charge in [-0.2, -0.15) is 0 Å². The first kappa shape index (κ1) is 26.1. The molecule has 6 aromatic carbocycles. The molecule has 0 saturated carbocycles. The highest BCUT2D eigenvalue weighted by atomic mass is 32.1. The number of hydrogen-bond acceptors (Lipinski definition) is 4. The fourth-order valence-electron chi connectivity index (χ4n) is 6.76. The lowest BCUT2D eigenvalue weighted by atomic mass is 9.95. The fourth-order valence-corrected chi connectivity index (χ4v) is 7.89. The van der Waals surface area contributed by atoms with Gasteiger partial charge in [0, 0.05) is 42.1 Å². The van der Waals surface area contributed by atoms with Crippen LogP contribution >= 0.6 is 11.3 Å². The van der Waals surface area contributed by atoms with Crippen LogP contribution in [0.2, 0.25) is 0 Å². The summed E-state index contributed by atoms with van der Waals surface area (Å²) in [6, 6.07) is 44.9. The Kier molecular flexibility index (Phi) is 6.03. The molecule has 3 nitrogen and oxygen atoms in total. The van der Waals surface area contributed by atoms with E-state index in [1.807, 2.05) is 29.5 Å². The average Bonchev–Trinajstić information content (AvgIpc) is 3.65. The molecule has 0 spiro atoms. The Morgan fingerprint density at radius 3 is 2.24 bits per heavy atom. The van der Waals surface area contributed by atoms with Crippen LogP contribution in [0.1, 0.15) is 36.5 Å². The smallest absolute Gasteiger partial charge is 0.160 e. The van der Waals surface area contributed by atoms with E-state index in [0.29, 0.717) is 5.84 Å². The molecule has 9 rings (SSSR count). The molecule has 0 bridgehead atoms. The van der Waals surface area contributed by atoms with Gasteiger partial charge in [-0.05, 0) is 72.0 Å². The first-order valence-corrected chi connectivity index (χ1v) is 16.2. The Bertz CT molecular complexity index is 2560. The van der Waals surface area contributed by atoms with Crippen molar-refractivity contribution in [2.24, 2.45) is 9.98 Å². The van der Waals surface area contributed by atoms with Gasteiger partial charge in [0.15, 0.2) is 5.84 Å². The maximum absolute atomic E-state index is 6.31. The largest absolute Gasteiger partial charge is 0.456 e. The average molecular weight is 597 g/mol. The van der Waals surface area contributed by atoms with Gasteiger partial charge in [0.2, 0.25) is 0 Å². The summed E-state index contributed by atoms with van der Waals surface area (Å²) in [4.78, 5) is 11.0. The molecule has 1 aliphatic rings. The van der Waals surface area contributed by atoms with E-state index in [0.717, 1.165) is 62.9 Å². The number of para-hydroxylation sites is 1. The van der Waals surface area contributed by atoms with Gasteiger partial charge in [-0.25, -0.2) is 9.98 Å². The molecule has 4 heteroatoms. The predicted molar refractivity (Wildman–Crippen MR) is 192 cm³/mol. The zero-order valence-electron chi connectivity index (χ0n) is 24.7. The molecule has 45 heavy (non-hydrogen) atoms. The molecule has 0 saturated heterocycles. The second-order valence-corrected chi connectivity index (χ2v) is 12.8. The summed E-state index contributed by atoms with van der Waals surface area (Å²) in [5, 5.41) is 7.10. The zero-order chi connectivity index (χ0) is 29.9. The number of fused-ring (bicyclic) bond motifs is 7. The van der Waals surface area contributed by atoms with Crippen molar-refractivity contribution < 1.29 is 4.42 Å². The number of hydrogen-bond donors (Lipinski definition) is 0. The summed E-state index contributed by atoms with van der Waals surface area (Å²) in [6.45, 7) is 2.24. The Balaban J connectivity index is 1.33. The number of thiophene rings is 1. The SMILES string of the molecule is C/C1=C(\c2cccc3sc4ccccc4c23)N=C(c2cccc3oc4ccccc4c23)N=C(c2ccc3ccccc3c2)CC1. The van der Waals surface area contributed by atoms with E-state index in [-0.39, 0.29) is 0 Å². The van der Waals surface area contributed by atoms with Crippen LogP contribution in [0, 0.1) is 0 Å². The minimum absolute atomic E-state index is 0.709. The lowest BCUT2D eigenvalue weighted by Gasteiger charge is -2.17. The summed E-state index contributed by atoms with van der Waals surface area (Å²) in [5.41, 5.74) is 8.28. The molecule has 0 aliphatic carbocycles. The van der Waals surface area contributed by atoms with E-state index in [1.165, 1.54) is 36.5 Å². The predicted octanol–water partition coefficient (Wildman–Crippen LogP) is 11.6. The Morgan fingerprint density at radius 1 is 0.578 bits per heavy atom. The molecule has 0 radical (unpaired) electrons. The lowest BCUT2D eigenvalue weighted by Crippen LogP contribution is -2.11. The van der Waals surface area contributed by atoms with Gasteiger partial charge < -0.3 is 4.42 Å². The number of rotatable bonds is 3. The van der Waals surface area contributed by atoms with Crippen LogP contribution < -0.4 is 0 Å². The normalized spacial score (nSPS) is 15.9. The molecule has 2 aromatic heterocycles. The van der Waals surface area contributed by atoms with Gasteiger partial charge in [-0.15, -0.1) is 11.3 Å². The van der Waals surface area contributed by atoms with Crippen LogP contribution in [0.3, 0.4) is 0 Å². The number of furan rings is 1. The topological polar surface area (TPSA) is 37.9 Å². The third-order valence-corrected chi connectivity index (χ3v) is 10.1. The van der Waals surface area contributed by atoms with Crippen molar-refractivity contribution in [3.05, 3.63) is 150 Å². The van der Waals surface area contributed by atoms with E-state index in [4.69, 9.17) is 14.4 Å². The van der Waals surface area contributed by atoms with Crippen molar-refractivity contribution in [3.8, 4) is 0 Å². The second kappa shape index (κ2) is 10.4. The standard InChI is InChI=1S/C41H28N2OS/c1-25-20-23-33(28-22-21-26-10-2-3-11-27(26)24-28)42-41(32-15-8-17-35-38(32)29-12-4-6-16-34(29)44-35)43-40(25)31-14-9-19-37-39(31)30-13-5-7-18-36(30)45-37/h2-19,21-22,24H,20,23H2,1H3/b40-25-,42-33?,43-41?. The van der Waals surface area contributed by atoms with E-state index in [1.54, 1.807) is 0 Å². The molecular formula is C41H28N2OS. The van der Waals surface area contributed by atoms with Gasteiger partial charge in [0.25, 0.3) is 0 Å². The summed E-state index contributed by atoms with van der Waals surface area (Å²) < 4.78 is 8.88. The first-order valence-electron chi connectivity index (χ1n) is 15.4. The Morgan fingerprint density at radius 2 is 1.31 bits per heavy atom. The number of benzene rings is 6. The van der Waals surface area contributed by atoms with E-state index < -0.39 is 0 Å². The van der Waals surface area contributed by atoms with E-state index >= 15 is 0 Å². The summed E-state index contributed by atoms with van der Waals surface area (Å²) in [5.74, 6) is 0.709. The van der Waals surface area contributed by atoms with Crippen LogP contribution in [0.5, 0.6) is 0 Å². The molecule has 0 N–H and O–H groups in total. The van der Waals surface area contributed by atoms with Crippen molar-refractivity contribution in [2.75, 3.05) is 0 Å². The second-order valence-electron chi connectivity index (χ2n) is 11.7. The van der Waals surface area contributed by atoms with Crippen molar-refractivity contribution in [1.82, 2.24) is 0 Å². The Labute approximate surface area is 264 Å².